The maximum Gasteiger partial charge on any atom is 0.249 e. The predicted molar refractivity (Wildman–Crippen MR) is 68.0 cm³/mol. The third-order valence-corrected chi connectivity index (χ3v) is 2.75. The first-order valence-corrected chi connectivity index (χ1v) is 6.27. The number of carbonyl (C=O) groups is 1. The minimum absolute atomic E-state index is 0.0793. The van der Waals surface area contributed by atoms with Gasteiger partial charge in [0.15, 0.2) is 0 Å². The van der Waals surface area contributed by atoms with Gasteiger partial charge in [0, 0.05) is 19.0 Å². The maximum absolute atomic E-state index is 11.5. The lowest BCUT2D eigenvalue weighted by atomic mass is 10.1. The van der Waals surface area contributed by atoms with Gasteiger partial charge in [-0.15, -0.1) is 10.2 Å². The molecule has 0 saturated heterocycles. The molecule has 0 aromatic carbocycles. The second-order valence-corrected chi connectivity index (χ2v) is 4.98. The molecule has 0 radical (unpaired) electrons. The lowest BCUT2D eigenvalue weighted by molar-refractivity contribution is -0.131. The number of aromatic nitrogens is 3. The molecular formula is C12H22N4O2. The summed E-state index contributed by atoms with van der Waals surface area (Å²) in [5.41, 5.74) is 0. The van der Waals surface area contributed by atoms with E-state index >= 15 is 0 Å². The Kier molecular flexibility index (Phi) is 5.27. The molecule has 1 atom stereocenters. The molecule has 2 N–H and O–H groups in total. The minimum atomic E-state index is -0.951. The van der Waals surface area contributed by atoms with Crippen LogP contribution in [0.15, 0.2) is 6.33 Å². The normalized spacial score (nSPS) is 13.1. The highest BCUT2D eigenvalue weighted by Crippen LogP contribution is 2.06. The van der Waals surface area contributed by atoms with E-state index in [1.807, 2.05) is 18.4 Å². The Balaban J connectivity index is 2.42. The Morgan fingerprint density at radius 2 is 2.11 bits per heavy atom. The van der Waals surface area contributed by atoms with Crippen molar-refractivity contribution >= 4 is 5.91 Å². The van der Waals surface area contributed by atoms with Crippen molar-refractivity contribution in [3.63, 3.8) is 0 Å². The molecule has 0 spiro atoms. The molecule has 1 heterocycles. The second kappa shape index (κ2) is 6.49. The second-order valence-electron chi connectivity index (χ2n) is 4.98. The van der Waals surface area contributed by atoms with Crippen LogP contribution in [0.1, 0.15) is 39.6 Å². The summed E-state index contributed by atoms with van der Waals surface area (Å²) in [5.74, 6) is 0.425. The lowest BCUT2D eigenvalue weighted by Gasteiger charge is -2.14. The first kappa shape index (κ1) is 14.6. The van der Waals surface area contributed by atoms with Gasteiger partial charge in [0.1, 0.15) is 18.3 Å². The number of hydrogen-bond acceptors (Lipinski definition) is 4. The summed E-state index contributed by atoms with van der Waals surface area (Å²) in [7, 11) is 0. The van der Waals surface area contributed by atoms with Gasteiger partial charge in [-0.2, -0.15) is 0 Å². The van der Waals surface area contributed by atoms with Crippen LogP contribution in [-0.4, -0.2) is 38.4 Å². The Labute approximate surface area is 107 Å². The van der Waals surface area contributed by atoms with Crippen LogP contribution in [0.5, 0.6) is 0 Å². The van der Waals surface area contributed by atoms with Crippen molar-refractivity contribution < 1.29 is 9.90 Å². The average Bonchev–Trinajstić information content (AvgIpc) is 2.76. The largest absolute Gasteiger partial charge is 0.383 e. The van der Waals surface area contributed by atoms with Crippen molar-refractivity contribution in [1.29, 1.82) is 0 Å². The fourth-order valence-electron chi connectivity index (χ4n) is 1.58. The molecule has 1 rings (SSSR count). The predicted octanol–water partition coefficient (Wildman–Crippen LogP) is 0.535. The molecule has 18 heavy (non-hydrogen) atoms. The molecule has 102 valence electrons. The molecule has 1 unspecified atom stereocenters. The molecule has 0 aliphatic heterocycles. The molecular weight excluding hydrogens is 232 g/mol. The number of aliphatic hydroxyl groups is 1. The lowest BCUT2D eigenvalue weighted by Crippen LogP contribution is -2.38. The van der Waals surface area contributed by atoms with Crippen molar-refractivity contribution in [2.24, 2.45) is 5.92 Å². The smallest absolute Gasteiger partial charge is 0.249 e. The van der Waals surface area contributed by atoms with Gasteiger partial charge >= 0.3 is 0 Å². The fourth-order valence-corrected chi connectivity index (χ4v) is 1.58. The van der Waals surface area contributed by atoms with E-state index in [0.29, 0.717) is 19.0 Å². The summed E-state index contributed by atoms with van der Waals surface area (Å²) in [6.45, 7) is 8.16. The van der Waals surface area contributed by atoms with E-state index in [0.717, 1.165) is 5.82 Å². The van der Waals surface area contributed by atoms with E-state index in [9.17, 15) is 9.90 Å². The van der Waals surface area contributed by atoms with E-state index in [4.69, 9.17) is 0 Å². The topological polar surface area (TPSA) is 80.0 Å². The summed E-state index contributed by atoms with van der Waals surface area (Å²) in [5, 5.41) is 20.1. The zero-order chi connectivity index (χ0) is 13.7. The molecule has 1 aromatic heterocycles. The number of rotatable bonds is 6. The first-order chi connectivity index (χ1) is 8.43. The van der Waals surface area contributed by atoms with Crippen LogP contribution in [0.2, 0.25) is 0 Å². The molecule has 0 fully saturated rings. The third-order valence-electron chi connectivity index (χ3n) is 2.75. The van der Waals surface area contributed by atoms with E-state index < -0.39 is 6.10 Å². The number of amides is 1. The Hall–Kier alpha value is -1.43. The molecule has 1 aromatic rings. The highest BCUT2D eigenvalue weighted by Gasteiger charge is 2.18. The van der Waals surface area contributed by atoms with Crippen LogP contribution < -0.4 is 5.32 Å². The fraction of sp³-hybridized carbons (Fsp3) is 0.750. The number of nitrogens with zero attached hydrogens (tertiary/aromatic N) is 3. The third kappa shape index (κ3) is 3.80. The zero-order valence-corrected chi connectivity index (χ0v) is 11.4. The summed E-state index contributed by atoms with van der Waals surface area (Å²) < 4.78 is 1.96. The number of nitrogens with one attached hydrogen (secondary N) is 1. The van der Waals surface area contributed by atoms with Gasteiger partial charge < -0.3 is 15.0 Å². The van der Waals surface area contributed by atoms with Gasteiger partial charge in [-0.1, -0.05) is 13.8 Å². The molecule has 0 aliphatic rings. The van der Waals surface area contributed by atoms with Crippen LogP contribution in [0.4, 0.5) is 0 Å². The Morgan fingerprint density at radius 1 is 1.44 bits per heavy atom. The van der Waals surface area contributed by atoms with Crippen molar-refractivity contribution in [3.05, 3.63) is 12.2 Å². The molecule has 6 nitrogen and oxygen atoms in total. The highest BCUT2D eigenvalue weighted by atomic mass is 16.3. The molecule has 0 aliphatic carbocycles. The first-order valence-electron chi connectivity index (χ1n) is 6.27. The minimum Gasteiger partial charge on any atom is -0.383 e. The quantitative estimate of drug-likeness (QED) is 0.776. The summed E-state index contributed by atoms with van der Waals surface area (Å²) in [4.78, 5) is 11.5. The molecule has 1 amide bonds. The summed E-state index contributed by atoms with van der Waals surface area (Å²) in [6.07, 6.45) is 1.34. The summed E-state index contributed by atoms with van der Waals surface area (Å²) >= 11 is 0. The van der Waals surface area contributed by atoms with E-state index in [1.54, 1.807) is 20.2 Å². The van der Waals surface area contributed by atoms with Gasteiger partial charge in [-0.25, -0.2) is 0 Å². The Bertz CT molecular complexity index is 387. The van der Waals surface area contributed by atoms with Gasteiger partial charge in [0.25, 0.3) is 0 Å². The van der Waals surface area contributed by atoms with Gasteiger partial charge in [-0.3, -0.25) is 4.79 Å². The zero-order valence-electron chi connectivity index (χ0n) is 11.4. The van der Waals surface area contributed by atoms with E-state index in [1.165, 1.54) is 0 Å². The van der Waals surface area contributed by atoms with Crippen LogP contribution >= 0.6 is 0 Å². The van der Waals surface area contributed by atoms with Crippen LogP contribution in [0, 0.1) is 5.92 Å². The summed E-state index contributed by atoms with van der Waals surface area (Å²) in [6, 6.07) is 0.298. The van der Waals surface area contributed by atoms with Crippen LogP contribution in [0.3, 0.4) is 0 Å². The highest BCUT2D eigenvalue weighted by molar-refractivity contribution is 5.80. The van der Waals surface area contributed by atoms with E-state index in [-0.39, 0.29) is 11.8 Å². The SMILES string of the molecule is CC(C)C(O)C(=O)NCCc1nncn1C(C)C. The standard InChI is InChI=1S/C12H22N4O2/c1-8(2)11(17)12(18)13-6-5-10-15-14-7-16(10)9(3)4/h7-9,11,17H,5-6H2,1-4H3,(H,13,18). The molecule has 0 saturated carbocycles. The molecule has 6 heteroatoms. The number of aliphatic hydroxyl groups excluding tert-OH is 1. The average molecular weight is 254 g/mol. The van der Waals surface area contributed by atoms with Crippen molar-refractivity contribution in [1.82, 2.24) is 20.1 Å². The van der Waals surface area contributed by atoms with Gasteiger partial charge in [-0.05, 0) is 19.8 Å². The van der Waals surface area contributed by atoms with E-state index in [2.05, 4.69) is 15.5 Å². The number of hydrogen-bond donors (Lipinski definition) is 2. The number of carbonyl (C=O) groups excluding carboxylic acids is 1. The van der Waals surface area contributed by atoms with Gasteiger partial charge in [0.05, 0.1) is 0 Å². The van der Waals surface area contributed by atoms with Crippen LogP contribution in [0.25, 0.3) is 0 Å². The monoisotopic (exact) mass is 254 g/mol. The van der Waals surface area contributed by atoms with Gasteiger partial charge in [0.2, 0.25) is 5.91 Å². The maximum atomic E-state index is 11.5. The Morgan fingerprint density at radius 3 is 2.67 bits per heavy atom. The van der Waals surface area contributed by atoms with Crippen molar-refractivity contribution in [3.8, 4) is 0 Å². The van der Waals surface area contributed by atoms with Crippen LogP contribution in [-0.2, 0) is 11.2 Å². The molecule has 0 bridgehead atoms. The van der Waals surface area contributed by atoms with Crippen molar-refractivity contribution in [2.45, 2.75) is 46.3 Å². The van der Waals surface area contributed by atoms with Crippen molar-refractivity contribution in [2.75, 3.05) is 6.54 Å².